The minimum atomic E-state index is 0.0716. The lowest BCUT2D eigenvalue weighted by Gasteiger charge is -2.35. The zero-order valence-corrected chi connectivity index (χ0v) is 11.6. The van der Waals surface area contributed by atoms with Gasteiger partial charge >= 0.3 is 0 Å². The van der Waals surface area contributed by atoms with Crippen LogP contribution in [0.1, 0.15) is 32.1 Å². The smallest absolute Gasteiger partial charge is 0.239 e. The van der Waals surface area contributed by atoms with Gasteiger partial charge in [0.05, 0.1) is 12.8 Å². The Morgan fingerprint density at radius 2 is 2.16 bits per heavy atom. The number of anilines is 2. The van der Waals surface area contributed by atoms with Gasteiger partial charge in [-0.1, -0.05) is 30.9 Å². The van der Waals surface area contributed by atoms with Gasteiger partial charge in [-0.15, -0.1) is 0 Å². The molecule has 1 heterocycles. The van der Waals surface area contributed by atoms with Gasteiger partial charge in [0.25, 0.3) is 0 Å². The van der Waals surface area contributed by atoms with Crippen molar-refractivity contribution in [1.29, 1.82) is 0 Å². The molecule has 0 saturated heterocycles. The van der Waals surface area contributed by atoms with E-state index in [9.17, 15) is 5.11 Å². The molecule has 1 aromatic heterocycles. The summed E-state index contributed by atoms with van der Waals surface area (Å²) in [6.45, 7) is 0.591. The Hall–Kier alpha value is -1.11. The van der Waals surface area contributed by atoms with Crippen molar-refractivity contribution in [3.8, 4) is 0 Å². The van der Waals surface area contributed by atoms with Crippen LogP contribution in [-0.4, -0.2) is 34.3 Å². The standard InChI is InChI=1S/C12H20ClN5O/c13-10-8-15-12(17-14)16-11(10)18(6-7-19)9-4-2-1-3-5-9/h8-9,19H,1-7,14H2,(H,15,16,17). The molecule has 1 aromatic rings. The zero-order valence-electron chi connectivity index (χ0n) is 10.8. The highest BCUT2D eigenvalue weighted by Crippen LogP contribution is 2.30. The fourth-order valence-corrected chi connectivity index (χ4v) is 2.79. The zero-order chi connectivity index (χ0) is 13.7. The summed E-state index contributed by atoms with van der Waals surface area (Å²) in [4.78, 5) is 10.4. The highest BCUT2D eigenvalue weighted by molar-refractivity contribution is 6.32. The number of halogens is 1. The number of hydrogen-bond acceptors (Lipinski definition) is 6. The number of nitrogens with zero attached hydrogens (tertiary/aromatic N) is 3. The first-order valence-corrected chi connectivity index (χ1v) is 7.00. The van der Waals surface area contributed by atoms with Crippen LogP contribution in [0.2, 0.25) is 5.02 Å². The van der Waals surface area contributed by atoms with Gasteiger partial charge < -0.3 is 10.0 Å². The molecule has 106 valence electrons. The Morgan fingerprint density at radius 1 is 1.42 bits per heavy atom. The van der Waals surface area contributed by atoms with E-state index in [-0.39, 0.29) is 6.61 Å². The quantitative estimate of drug-likeness (QED) is 0.562. The van der Waals surface area contributed by atoms with Crippen molar-refractivity contribution in [1.82, 2.24) is 9.97 Å². The van der Waals surface area contributed by atoms with Crippen LogP contribution in [-0.2, 0) is 0 Å². The first-order valence-electron chi connectivity index (χ1n) is 6.63. The van der Waals surface area contributed by atoms with Crippen molar-refractivity contribution < 1.29 is 5.11 Å². The van der Waals surface area contributed by atoms with E-state index in [2.05, 4.69) is 20.3 Å². The summed E-state index contributed by atoms with van der Waals surface area (Å²) < 4.78 is 0. The van der Waals surface area contributed by atoms with Crippen LogP contribution < -0.4 is 16.2 Å². The molecule has 0 aliphatic heterocycles. The Balaban J connectivity index is 2.26. The number of hydrazine groups is 1. The fourth-order valence-electron chi connectivity index (χ4n) is 2.59. The van der Waals surface area contributed by atoms with E-state index in [0.717, 1.165) is 12.8 Å². The molecule has 0 atom stereocenters. The van der Waals surface area contributed by atoms with Crippen molar-refractivity contribution in [3.63, 3.8) is 0 Å². The largest absolute Gasteiger partial charge is 0.395 e. The first kappa shape index (κ1) is 14.3. The highest BCUT2D eigenvalue weighted by atomic mass is 35.5. The summed E-state index contributed by atoms with van der Waals surface area (Å²) in [5, 5.41) is 9.76. The molecule has 0 spiro atoms. The molecule has 19 heavy (non-hydrogen) atoms. The normalized spacial score (nSPS) is 16.4. The maximum atomic E-state index is 9.28. The van der Waals surface area contributed by atoms with Gasteiger partial charge in [0.1, 0.15) is 5.02 Å². The number of nitrogen functional groups attached to an aromatic ring is 1. The second-order valence-electron chi connectivity index (χ2n) is 4.72. The molecule has 1 saturated carbocycles. The van der Waals surface area contributed by atoms with Crippen LogP contribution in [0, 0.1) is 0 Å². The van der Waals surface area contributed by atoms with Crippen molar-refractivity contribution in [2.75, 3.05) is 23.5 Å². The van der Waals surface area contributed by atoms with E-state index in [1.807, 2.05) is 0 Å². The van der Waals surface area contributed by atoms with E-state index in [1.54, 1.807) is 0 Å². The second-order valence-corrected chi connectivity index (χ2v) is 5.13. The number of aromatic nitrogens is 2. The summed E-state index contributed by atoms with van der Waals surface area (Å²) in [7, 11) is 0. The Kier molecular flexibility index (Phi) is 5.18. The maximum absolute atomic E-state index is 9.28. The van der Waals surface area contributed by atoms with Crippen molar-refractivity contribution in [3.05, 3.63) is 11.2 Å². The number of nitrogens with two attached hydrogens (primary N) is 1. The molecule has 1 aliphatic carbocycles. The molecule has 0 radical (unpaired) electrons. The summed E-state index contributed by atoms with van der Waals surface area (Å²) in [6, 6.07) is 0.374. The Labute approximate surface area is 118 Å². The van der Waals surface area contributed by atoms with E-state index >= 15 is 0 Å². The summed E-state index contributed by atoms with van der Waals surface area (Å²) in [6.07, 6.45) is 7.43. The minimum absolute atomic E-state index is 0.0716. The second kappa shape index (κ2) is 6.88. The van der Waals surface area contributed by atoms with Gasteiger partial charge in [-0.05, 0) is 12.8 Å². The maximum Gasteiger partial charge on any atom is 0.239 e. The SMILES string of the molecule is NNc1ncc(Cl)c(N(CCO)C2CCCCC2)n1. The van der Waals surface area contributed by atoms with Crippen LogP contribution in [0.15, 0.2) is 6.20 Å². The van der Waals surface area contributed by atoms with Gasteiger partial charge in [-0.25, -0.2) is 10.8 Å². The first-order chi connectivity index (χ1) is 9.26. The van der Waals surface area contributed by atoms with Crippen molar-refractivity contribution in [2.45, 2.75) is 38.1 Å². The van der Waals surface area contributed by atoms with E-state index < -0.39 is 0 Å². The third-order valence-corrected chi connectivity index (χ3v) is 3.75. The van der Waals surface area contributed by atoms with Crippen LogP contribution >= 0.6 is 11.6 Å². The molecule has 1 fully saturated rings. The molecule has 1 aliphatic rings. The lowest BCUT2D eigenvalue weighted by Crippen LogP contribution is -2.39. The van der Waals surface area contributed by atoms with Crippen LogP contribution in [0.25, 0.3) is 0 Å². The number of nitrogens with one attached hydrogen (secondary N) is 1. The molecule has 0 aromatic carbocycles. The number of aliphatic hydroxyl groups is 1. The highest BCUT2D eigenvalue weighted by Gasteiger charge is 2.24. The summed E-state index contributed by atoms with van der Waals surface area (Å²) in [5.41, 5.74) is 2.42. The summed E-state index contributed by atoms with van der Waals surface area (Å²) in [5.74, 6) is 6.31. The van der Waals surface area contributed by atoms with Crippen LogP contribution in [0.5, 0.6) is 0 Å². The average Bonchev–Trinajstić information content (AvgIpc) is 2.47. The molecule has 7 heteroatoms. The third kappa shape index (κ3) is 3.46. The minimum Gasteiger partial charge on any atom is -0.395 e. The lowest BCUT2D eigenvalue weighted by molar-refractivity contribution is 0.289. The molecular weight excluding hydrogens is 266 g/mol. The average molecular weight is 286 g/mol. The molecule has 0 bridgehead atoms. The molecule has 2 rings (SSSR count). The Bertz CT molecular complexity index is 411. The molecule has 0 unspecified atom stereocenters. The molecule has 6 nitrogen and oxygen atoms in total. The van der Waals surface area contributed by atoms with Gasteiger partial charge in [-0.2, -0.15) is 4.98 Å². The summed E-state index contributed by atoms with van der Waals surface area (Å²) >= 11 is 6.19. The number of aliphatic hydroxyl groups excluding tert-OH is 1. The van der Waals surface area contributed by atoms with Crippen molar-refractivity contribution >= 4 is 23.4 Å². The van der Waals surface area contributed by atoms with Gasteiger partial charge in [0.15, 0.2) is 5.82 Å². The predicted molar refractivity (Wildman–Crippen MR) is 76.2 cm³/mol. The van der Waals surface area contributed by atoms with E-state index in [1.165, 1.54) is 25.5 Å². The topological polar surface area (TPSA) is 87.3 Å². The van der Waals surface area contributed by atoms with Crippen LogP contribution in [0.4, 0.5) is 11.8 Å². The molecule has 0 amide bonds. The predicted octanol–water partition coefficient (Wildman–Crippen LogP) is 1.55. The fraction of sp³-hybridized carbons (Fsp3) is 0.667. The number of rotatable bonds is 5. The number of hydrogen-bond donors (Lipinski definition) is 3. The Morgan fingerprint density at radius 3 is 2.79 bits per heavy atom. The lowest BCUT2D eigenvalue weighted by atomic mass is 9.94. The van der Waals surface area contributed by atoms with Gasteiger partial charge in [-0.3, -0.25) is 5.43 Å². The van der Waals surface area contributed by atoms with Crippen molar-refractivity contribution in [2.24, 2.45) is 5.84 Å². The third-order valence-electron chi connectivity index (χ3n) is 3.48. The van der Waals surface area contributed by atoms with E-state index in [0.29, 0.717) is 29.4 Å². The van der Waals surface area contributed by atoms with E-state index in [4.69, 9.17) is 17.4 Å². The molecular formula is C12H20ClN5O. The molecule has 4 N–H and O–H groups in total. The van der Waals surface area contributed by atoms with Gasteiger partial charge in [0, 0.05) is 12.6 Å². The van der Waals surface area contributed by atoms with Crippen LogP contribution in [0.3, 0.4) is 0 Å². The monoisotopic (exact) mass is 285 g/mol. The van der Waals surface area contributed by atoms with Gasteiger partial charge in [0.2, 0.25) is 5.95 Å².